The lowest BCUT2D eigenvalue weighted by atomic mass is 10.1. The Labute approximate surface area is 112 Å². The second kappa shape index (κ2) is 8.82. The number of nitrogens with one attached hydrogen (secondary N) is 1. The van der Waals surface area contributed by atoms with E-state index in [1.807, 2.05) is 38.1 Å². The Hall–Kier alpha value is -1.20. The average molecular weight is 273 g/mol. The van der Waals surface area contributed by atoms with Crippen molar-refractivity contribution in [2.45, 2.75) is 26.3 Å². The monoisotopic (exact) mass is 273 g/mol. The second-order valence-corrected chi connectivity index (χ2v) is 4.01. The van der Waals surface area contributed by atoms with E-state index in [1.165, 1.54) is 0 Å². The first-order valence-corrected chi connectivity index (χ1v) is 6.50. The van der Waals surface area contributed by atoms with Gasteiger partial charge in [-0.05, 0) is 19.5 Å². The van der Waals surface area contributed by atoms with Gasteiger partial charge < -0.3 is 14.8 Å². The largest absolute Gasteiger partial charge is 0.494 e. The quantitative estimate of drug-likeness (QED) is 0.750. The summed E-state index contributed by atoms with van der Waals surface area (Å²) in [7, 11) is 0. The molecule has 0 bridgehead atoms. The minimum atomic E-state index is -2.44. The molecule has 0 radical (unpaired) electrons. The van der Waals surface area contributed by atoms with Crippen LogP contribution in [-0.4, -0.2) is 32.8 Å². The molecule has 108 valence electrons. The van der Waals surface area contributed by atoms with E-state index in [0.717, 1.165) is 17.9 Å². The maximum atomic E-state index is 12.1. The Morgan fingerprint density at radius 1 is 1.16 bits per heavy atom. The maximum absolute atomic E-state index is 12.1. The topological polar surface area (TPSA) is 30.5 Å². The van der Waals surface area contributed by atoms with E-state index >= 15 is 0 Å². The van der Waals surface area contributed by atoms with Gasteiger partial charge in [0.15, 0.2) is 0 Å². The summed E-state index contributed by atoms with van der Waals surface area (Å²) in [5, 5.41) is 3.22. The zero-order valence-corrected chi connectivity index (χ0v) is 11.4. The van der Waals surface area contributed by atoms with E-state index in [1.54, 1.807) is 0 Å². The van der Waals surface area contributed by atoms with Crippen LogP contribution in [0.5, 0.6) is 5.75 Å². The highest BCUT2D eigenvalue weighted by molar-refractivity contribution is 5.36. The van der Waals surface area contributed by atoms with E-state index in [9.17, 15) is 8.78 Å². The van der Waals surface area contributed by atoms with Gasteiger partial charge in [-0.15, -0.1) is 0 Å². The van der Waals surface area contributed by atoms with Gasteiger partial charge in [0.1, 0.15) is 12.4 Å². The number of halogens is 2. The van der Waals surface area contributed by atoms with Crippen molar-refractivity contribution in [3.05, 3.63) is 29.8 Å². The van der Waals surface area contributed by atoms with Crippen LogP contribution < -0.4 is 10.1 Å². The summed E-state index contributed by atoms with van der Waals surface area (Å²) >= 11 is 0. The second-order valence-electron chi connectivity index (χ2n) is 4.01. The van der Waals surface area contributed by atoms with Crippen LogP contribution in [0.4, 0.5) is 8.78 Å². The van der Waals surface area contributed by atoms with Gasteiger partial charge in [-0.25, -0.2) is 8.78 Å². The fourth-order valence-electron chi connectivity index (χ4n) is 1.84. The van der Waals surface area contributed by atoms with Crippen LogP contribution in [0.1, 0.15) is 25.5 Å². The zero-order chi connectivity index (χ0) is 14.1. The van der Waals surface area contributed by atoms with Crippen LogP contribution in [0.15, 0.2) is 24.3 Å². The van der Waals surface area contributed by atoms with E-state index in [-0.39, 0.29) is 12.6 Å². The summed E-state index contributed by atoms with van der Waals surface area (Å²) in [6.45, 7) is 4.81. The van der Waals surface area contributed by atoms with Crippen LogP contribution in [0, 0.1) is 0 Å². The third-order valence-electron chi connectivity index (χ3n) is 2.57. The number of benzene rings is 1. The first-order valence-electron chi connectivity index (χ1n) is 6.50. The Balaban J connectivity index is 2.73. The molecule has 19 heavy (non-hydrogen) atoms. The van der Waals surface area contributed by atoms with Gasteiger partial charge in [-0.1, -0.05) is 25.1 Å². The van der Waals surface area contributed by atoms with Crippen molar-refractivity contribution in [2.75, 3.05) is 26.4 Å². The lowest BCUT2D eigenvalue weighted by molar-refractivity contribution is 0.00913. The molecule has 0 aliphatic rings. The number of hydrogen-bond acceptors (Lipinski definition) is 3. The van der Waals surface area contributed by atoms with Gasteiger partial charge in [0.2, 0.25) is 0 Å². The molecule has 5 heteroatoms. The molecule has 1 rings (SSSR count). The number of para-hydroxylation sites is 1. The van der Waals surface area contributed by atoms with Gasteiger partial charge in [0, 0.05) is 5.56 Å². The molecule has 0 amide bonds. The van der Waals surface area contributed by atoms with Crippen LogP contribution in [-0.2, 0) is 4.74 Å². The van der Waals surface area contributed by atoms with Gasteiger partial charge >= 0.3 is 0 Å². The normalized spacial score (nSPS) is 12.7. The van der Waals surface area contributed by atoms with Crippen LogP contribution >= 0.6 is 0 Å². The molecule has 0 saturated carbocycles. The zero-order valence-electron chi connectivity index (χ0n) is 11.4. The fraction of sp³-hybridized carbons (Fsp3) is 0.571. The highest BCUT2D eigenvalue weighted by atomic mass is 19.3. The van der Waals surface area contributed by atoms with E-state index in [4.69, 9.17) is 9.47 Å². The molecular formula is C14H21F2NO2. The number of hydrogen-bond donors (Lipinski definition) is 1. The van der Waals surface area contributed by atoms with Crippen molar-refractivity contribution < 1.29 is 18.3 Å². The molecule has 0 fully saturated rings. The van der Waals surface area contributed by atoms with Crippen LogP contribution in [0.2, 0.25) is 0 Å². The molecule has 1 unspecified atom stereocenters. The first-order chi connectivity index (χ1) is 9.19. The summed E-state index contributed by atoms with van der Waals surface area (Å²) in [5.41, 5.74) is 0.931. The molecule has 1 aromatic rings. The molecular weight excluding hydrogens is 252 g/mol. The van der Waals surface area contributed by atoms with Crippen LogP contribution in [0.25, 0.3) is 0 Å². The van der Waals surface area contributed by atoms with Crippen LogP contribution in [0.3, 0.4) is 0 Å². The lowest BCUT2D eigenvalue weighted by Crippen LogP contribution is -2.26. The number of ether oxygens (including phenoxy) is 2. The molecule has 0 heterocycles. The third-order valence-corrected chi connectivity index (χ3v) is 2.57. The summed E-state index contributed by atoms with van der Waals surface area (Å²) in [5.74, 6) is 0.761. The smallest absolute Gasteiger partial charge is 0.261 e. The highest BCUT2D eigenvalue weighted by Crippen LogP contribution is 2.25. The Bertz CT molecular complexity index is 361. The van der Waals surface area contributed by atoms with Crippen molar-refractivity contribution >= 4 is 0 Å². The highest BCUT2D eigenvalue weighted by Gasteiger charge is 2.16. The predicted octanol–water partition coefficient (Wildman–Crippen LogP) is 3.02. The van der Waals surface area contributed by atoms with Gasteiger partial charge in [-0.3, -0.25) is 0 Å². The van der Waals surface area contributed by atoms with Gasteiger partial charge in [0.05, 0.1) is 19.3 Å². The van der Waals surface area contributed by atoms with Crippen molar-refractivity contribution in [1.82, 2.24) is 5.32 Å². The summed E-state index contributed by atoms with van der Waals surface area (Å²) in [4.78, 5) is 0. The Morgan fingerprint density at radius 2 is 1.89 bits per heavy atom. The SMILES string of the molecule is CCNC(COCC(F)F)c1ccccc1OCC. The third kappa shape index (κ3) is 5.53. The molecule has 3 nitrogen and oxygen atoms in total. The maximum Gasteiger partial charge on any atom is 0.261 e. The fourth-order valence-corrected chi connectivity index (χ4v) is 1.84. The number of alkyl halides is 2. The number of likely N-dealkylation sites (N-methyl/N-ethyl adjacent to an activating group) is 1. The predicted molar refractivity (Wildman–Crippen MR) is 70.9 cm³/mol. The van der Waals surface area contributed by atoms with Crippen molar-refractivity contribution in [2.24, 2.45) is 0 Å². The standard InChI is InChI=1S/C14H21F2NO2/c1-3-17-12(9-18-10-14(15)16)11-7-5-6-8-13(11)19-4-2/h5-8,12,14,17H,3-4,9-10H2,1-2H3. The van der Waals surface area contributed by atoms with Crippen molar-refractivity contribution in [3.63, 3.8) is 0 Å². The van der Waals surface area contributed by atoms with Gasteiger partial charge in [-0.2, -0.15) is 0 Å². The minimum absolute atomic E-state index is 0.147. The molecule has 0 aliphatic carbocycles. The molecule has 1 N–H and O–H groups in total. The van der Waals surface area contributed by atoms with E-state index in [2.05, 4.69) is 5.32 Å². The first kappa shape index (κ1) is 15.9. The molecule has 1 atom stereocenters. The summed E-state index contributed by atoms with van der Waals surface area (Å²) in [6, 6.07) is 7.43. The molecule has 0 aromatic heterocycles. The minimum Gasteiger partial charge on any atom is -0.494 e. The Kier molecular flexibility index (Phi) is 7.36. The summed E-state index contributed by atoms with van der Waals surface area (Å²) < 4.78 is 34.8. The van der Waals surface area contributed by atoms with E-state index in [0.29, 0.717) is 6.61 Å². The molecule has 0 saturated heterocycles. The molecule has 0 spiro atoms. The Morgan fingerprint density at radius 3 is 2.53 bits per heavy atom. The summed E-state index contributed by atoms with van der Waals surface area (Å²) in [6.07, 6.45) is -2.44. The van der Waals surface area contributed by atoms with Gasteiger partial charge in [0.25, 0.3) is 6.43 Å². The van der Waals surface area contributed by atoms with Crippen molar-refractivity contribution in [3.8, 4) is 5.75 Å². The molecule has 1 aromatic carbocycles. The average Bonchev–Trinajstić information content (AvgIpc) is 2.38. The number of rotatable bonds is 9. The van der Waals surface area contributed by atoms with E-state index < -0.39 is 13.0 Å². The molecule has 0 aliphatic heterocycles. The lowest BCUT2D eigenvalue weighted by Gasteiger charge is -2.21. The van der Waals surface area contributed by atoms with Crippen molar-refractivity contribution in [1.29, 1.82) is 0 Å².